The van der Waals surface area contributed by atoms with Gasteiger partial charge in [-0.2, -0.15) is 0 Å². The molecule has 4 rings (SSSR count). The van der Waals surface area contributed by atoms with Gasteiger partial charge in [0.05, 0.1) is 25.4 Å². The van der Waals surface area contributed by atoms with E-state index in [2.05, 4.69) is 4.90 Å². The summed E-state index contributed by atoms with van der Waals surface area (Å²) in [6.45, 7) is 5.61. The fourth-order valence-electron chi connectivity index (χ4n) is 4.38. The summed E-state index contributed by atoms with van der Waals surface area (Å²) in [5.41, 5.74) is 2.49. The third-order valence-electron chi connectivity index (χ3n) is 6.58. The second-order valence-corrected chi connectivity index (χ2v) is 9.68. The van der Waals surface area contributed by atoms with Crippen LogP contribution in [0, 0.1) is 0 Å². The predicted molar refractivity (Wildman–Crippen MR) is 146 cm³/mol. The van der Waals surface area contributed by atoms with Crippen LogP contribution in [-0.2, 0) is 20.9 Å². The van der Waals surface area contributed by atoms with Crippen molar-refractivity contribution >= 4 is 23.5 Å². The second-order valence-electron chi connectivity index (χ2n) is 9.24. The molecule has 2 atom stereocenters. The van der Waals surface area contributed by atoms with Crippen molar-refractivity contribution in [1.82, 2.24) is 9.80 Å². The summed E-state index contributed by atoms with van der Waals surface area (Å²) in [6.07, 6.45) is -0.727. The van der Waals surface area contributed by atoms with Crippen molar-refractivity contribution in [2.45, 2.75) is 25.7 Å². The van der Waals surface area contributed by atoms with Gasteiger partial charge in [0, 0.05) is 37.7 Å². The molecule has 1 aliphatic rings. The van der Waals surface area contributed by atoms with Gasteiger partial charge in [-0.3, -0.25) is 9.69 Å². The van der Waals surface area contributed by atoms with E-state index in [1.807, 2.05) is 71.6 Å². The number of para-hydroxylation sites is 1. The summed E-state index contributed by atoms with van der Waals surface area (Å²) < 4.78 is 17.0. The van der Waals surface area contributed by atoms with E-state index in [0.29, 0.717) is 42.6 Å². The standard InChI is InChI=1S/C30H33ClN2O5/c1-22(38-27-6-4-3-5-7-27)29(34)33-18-16-32(17-19-33)20-28(24-12-14-26(31)15-13-24)37-21-23-8-10-25(11-9-23)30(35)36-2/h3-15,22,28H,16-21H2,1-2H3/t22-,28+/m1/s1. The van der Waals surface area contributed by atoms with Gasteiger partial charge in [0.15, 0.2) is 6.10 Å². The zero-order valence-electron chi connectivity index (χ0n) is 21.7. The summed E-state index contributed by atoms with van der Waals surface area (Å²) >= 11 is 6.12. The van der Waals surface area contributed by atoms with Gasteiger partial charge >= 0.3 is 5.97 Å². The van der Waals surface area contributed by atoms with Gasteiger partial charge in [0.1, 0.15) is 5.75 Å². The summed E-state index contributed by atoms with van der Waals surface area (Å²) in [4.78, 5) is 28.8. The lowest BCUT2D eigenvalue weighted by molar-refractivity contribution is -0.140. The summed E-state index contributed by atoms with van der Waals surface area (Å²) in [6, 6.07) is 24.3. The van der Waals surface area contributed by atoms with Gasteiger partial charge in [-0.1, -0.05) is 54.1 Å². The molecule has 1 aliphatic heterocycles. The normalized spacial score (nSPS) is 15.5. The Labute approximate surface area is 228 Å². The van der Waals surface area contributed by atoms with E-state index in [-0.39, 0.29) is 18.0 Å². The molecule has 0 aromatic heterocycles. The summed E-state index contributed by atoms with van der Waals surface area (Å²) in [5.74, 6) is 0.319. The molecule has 0 aliphatic carbocycles. The summed E-state index contributed by atoms with van der Waals surface area (Å²) in [5, 5.41) is 0.671. The van der Waals surface area contributed by atoms with E-state index in [9.17, 15) is 9.59 Å². The Kier molecular flexibility index (Phi) is 9.76. The quantitative estimate of drug-likeness (QED) is 0.340. The number of carbonyl (C=O) groups excluding carboxylic acids is 2. The maximum atomic E-state index is 12.9. The molecule has 38 heavy (non-hydrogen) atoms. The molecule has 7 nitrogen and oxygen atoms in total. The molecule has 0 saturated carbocycles. The Bertz CT molecular complexity index is 1180. The van der Waals surface area contributed by atoms with Crippen molar-refractivity contribution in [3.05, 3.63) is 101 Å². The zero-order valence-corrected chi connectivity index (χ0v) is 22.5. The highest BCUT2D eigenvalue weighted by Gasteiger charge is 2.27. The molecule has 1 amide bonds. The van der Waals surface area contributed by atoms with Crippen molar-refractivity contribution in [1.29, 1.82) is 0 Å². The third kappa shape index (κ3) is 7.57. The average molecular weight is 537 g/mol. The minimum Gasteiger partial charge on any atom is -0.481 e. The van der Waals surface area contributed by atoms with Crippen molar-refractivity contribution in [2.75, 3.05) is 39.8 Å². The number of amides is 1. The van der Waals surface area contributed by atoms with E-state index in [0.717, 1.165) is 24.2 Å². The van der Waals surface area contributed by atoms with Gasteiger partial charge < -0.3 is 19.1 Å². The molecule has 0 bridgehead atoms. The lowest BCUT2D eigenvalue weighted by atomic mass is 10.1. The number of hydrogen-bond acceptors (Lipinski definition) is 6. The van der Waals surface area contributed by atoms with Crippen LogP contribution < -0.4 is 4.74 Å². The zero-order chi connectivity index (χ0) is 26.9. The van der Waals surface area contributed by atoms with E-state index >= 15 is 0 Å². The molecule has 0 unspecified atom stereocenters. The SMILES string of the molecule is COC(=O)c1ccc(CO[C@@H](CN2CCN(C(=O)[C@@H](C)Oc3ccccc3)CC2)c2ccc(Cl)cc2)cc1. The van der Waals surface area contributed by atoms with Crippen LogP contribution in [0.2, 0.25) is 5.02 Å². The fourth-order valence-corrected chi connectivity index (χ4v) is 4.51. The minimum absolute atomic E-state index is 0.00518. The van der Waals surface area contributed by atoms with Gasteiger partial charge in [0.2, 0.25) is 0 Å². The van der Waals surface area contributed by atoms with Crippen LogP contribution in [0.25, 0.3) is 0 Å². The van der Waals surface area contributed by atoms with Crippen molar-refractivity contribution < 1.29 is 23.8 Å². The van der Waals surface area contributed by atoms with E-state index in [1.165, 1.54) is 7.11 Å². The van der Waals surface area contributed by atoms with Crippen molar-refractivity contribution in [3.63, 3.8) is 0 Å². The fraction of sp³-hybridized carbons (Fsp3) is 0.333. The molecular formula is C30H33ClN2O5. The molecule has 3 aromatic carbocycles. The number of hydrogen-bond donors (Lipinski definition) is 0. The van der Waals surface area contributed by atoms with Crippen LogP contribution in [0.4, 0.5) is 0 Å². The van der Waals surface area contributed by atoms with Crippen molar-refractivity contribution in [2.24, 2.45) is 0 Å². The first-order chi connectivity index (χ1) is 18.4. The van der Waals surface area contributed by atoms with Crippen LogP contribution in [-0.4, -0.2) is 67.6 Å². The Balaban J connectivity index is 1.34. The number of nitrogens with zero attached hydrogens (tertiary/aromatic N) is 2. The molecule has 0 spiro atoms. The number of methoxy groups -OCH3 is 1. The van der Waals surface area contributed by atoms with Crippen LogP contribution in [0.3, 0.4) is 0 Å². The monoisotopic (exact) mass is 536 g/mol. The smallest absolute Gasteiger partial charge is 0.337 e. The number of rotatable bonds is 10. The lowest BCUT2D eigenvalue weighted by Crippen LogP contribution is -2.52. The highest BCUT2D eigenvalue weighted by molar-refractivity contribution is 6.30. The highest BCUT2D eigenvalue weighted by atomic mass is 35.5. The van der Waals surface area contributed by atoms with Crippen LogP contribution in [0.15, 0.2) is 78.9 Å². The Hall–Kier alpha value is -3.39. The molecule has 1 fully saturated rings. The van der Waals surface area contributed by atoms with E-state index in [1.54, 1.807) is 19.1 Å². The lowest BCUT2D eigenvalue weighted by Gasteiger charge is -2.37. The van der Waals surface area contributed by atoms with Gasteiger partial charge in [-0.05, 0) is 54.4 Å². The largest absolute Gasteiger partial charge is 0.481 e. The third-order valence-corrected chi connectivity index (χ3v) is 6.83. The predicted octanol–water partition coefficient (Wildman–Crippen LogP) is 5.00. The first kappa shape index (κ1) is 27.6. The van der Waals surface area contributed by atoms with Crippen LogP contribution in [0.5, 0.6) is 5.75 Å². The number of halogens is 1. The highest BCUT2D eigenvalue weighted by Crippen LogP contribution is 2.24. The van der Waals surface area contributed by atoms with E-state index < -0.39 is 6.10 Å². The molecular weight excluding hydrogens is 504 g/mol. The molecule has 0 N–H and O–H groups in total. The van der Waals surface area contributed by atoms with Crippen molar-refractivity contribution in [3.8, 4) is 5.75 Å². The molecule has 1 saturated heterocycles. The Morgan fingerprint density at radius 1 is 0.895 bits per heavy atom. The Morgan fingerprint density at radius 2 is 1.55 bits per heavy atom. The number of esters is 1. The first-order valence-electron chi connectivity index (χ1n) is 12.7. The molecule has 200 valence electrons. The van der Waals surface area contributed by atoms with Crippen LogP contribution in [0.1, 0.15) is 34.5 Å². The van der Waals surface area contributed by atoms with Gasteiger partial charge in [-0.15, -0.1) is 0 Å². The summed E-state index contributed by atoms with van der Waals surface area (Å²) in [7, 11) is 1.37. The van der Waals surface area contributed by atoms with Gasteiger partial charge in [-0.25, -0.2) is 4.79 Å². The number of carbonyl (C=O) groups is 2. The Morgan fingerprint density at radius 3 is 2.18 bits per heavy atom. The maximum absolute atomic E-state index is 12.9. The average Bonchev–Trinajstić information content (AvgIpc) is 2.96. The second kappa shape index (κ2) is 13.4. The molecule has 0 radical (unpaired) electrons. The molecule has 1 heterocycles. The topological polar surface area (TPSA) is 68.3 Å². The maximum Gasteiger partial charge on any atom is 0.337 e. The minimum atomic E-state index is -0.542. The first-order valence-corrected chi connectivity index (χ1v) is 13.1. The number of ether oxygens (including phenoxy) is 3. The molecule has 3 aromatic rings. The van der Waals surface area contributed by atoms with Gasteiger partial charge in [0.25, 0.3) is 5.91 Å². The van der Waals surface area contributed by atoms with Crippen LogP contribution >= 0.6 is 11.6 Å². The number of benzene rings is 3. The number of piperazine rings is 1. The van der Waals surface area contributed by atoms with E-state index in [4.69, 9.17) is 25.8 Å². The molecule has 8 heteroatoms.